The zero-order chi connectivity index (χ0) is 12.3. The summed E-state index contributed by atoms with van der Waals surface area (Å²) in [5.74, 6) is -0.391. The number of rotatable bonds is 3. The van der Waals surface area contributed by atoms with E-state index in [-0.39, 0.29) is 6.10 Å². The van der Waals surface area contributed by atoms with Crippen LogP contribution < -0.4 is 0 Å². The Morgan fingerprint density at radius 2 is 1.88 bits per heavy atom. The lowest BCUT2D eigenvalue weighted by molar-refractivity contribution is 0.0792. The molecule has 1 aromatic rings. The Morgan fingerprint density at radius 3 is 2.41 bits per heavy atom. The fraction of sp³-hybridized carbons (Fsp3) is 0.429. The van der Waals surface area contributed by atoms with Crippen molar-refractivity contribution in [3.63, 3.8) is 0 Å². The molecule has 1 aliphatic rings. The highest BCUT2D eigenvalue weighted by Crippen LogP contribution is 2.14. The van der Waals surface area contributed by atoms with Gasteiger partial charge in [-0.2, -0.15) is 0 Å². The minimum atomic E-state index is -0.391. The summed E-state index contributed by atoms with van der Waals surface area (Å²) in [5.41, 5.74) is 1.72. The molecule has 1 aromatic carbocycles. The Balaban J connectivity index is 1.92. The molecule has 2 radical (unpaired) electrons. The highest BCUT2D eigenvalue weighted by molar-refractivity contribution is 5.99. The quantitative estimate of drug-likeness (QED) is 0.802. The van der Waals surface area contributed by atoms with Crippen LogP contribution in [0.15, 0.2) is 24.3 Å². The van der Waals surface area contributed by atoms with Gasteiger partial charge in [0.05, 0.1) is 6.10 Å². The Bertz CT molecular complexity index is 378. The van der Waals surface area contributed by atoms with Crippen LogP contribution in [0.2, 0.25) is 0 Å². The van der Waals surface area contributed by atoms with Crippen molar-refractivity contribution in [3.8, 4) is 0 Å². The molecule has 90 valence electrons. The third-order valence-corrected chi connectivity index (χ3v) is 3.20. The predicted molar refractivity (Wildman–Crippen MR) is 65.6 cm³/mol. The molecule has 1 heterocycles. The van der Waals surface area contributed by atoms with Crippen LogP contribution in [0.4, 0.5) is 0 Å². The lowest BCUT2D eigenvalue weighted by Gasteiger charge is -2.29. The van der Waals surface area contributed by atoms with Crippen LogP contribution in [-0.2, 0) is 6.54 Å². The summed E-state index contributed by atoms with van der Waals surface area (Å²) in [6.07, 6.45) is 1.56. The molecule has 0 saturated carbocycles. The summed E-state index contributed by atoms with van der Waals surface area (Å²) in [6.45, 7) is 7.91. The van der Waals surface area contributed by atoms with Gasteiger partial charge in [0.25, 0.3) is 0 Å². The number of hydrogen-bond donors (Lipinski definition) is 1. The van der Waals surface area contributed by atoms with E-state index in [4.69, 9.17) is 6.92 Å². The number of likely N-dealkylation sites (tertiary alicyclic amines) is 1. The van der Waals surface area contributed by atoms with Crippen molar-refractivity contribution < 1.29 is 9.90 Å². The van der Waals surface area contributed by atoms with Crippen LogP contribution in [0.5, 0.6) is 0 Å². The Kier molecular flexibility index (Phi) is 3.92. The SMILES string of the molecule is [CH]C(=O)c1ccc(CN2CCC(O)CC2)cc1. The highest BCUT2D eigenvalue weighted by atomic mass is 16.3. The first kappa shape index (κ1) is 12.3. The van der Waals surface area contributed by atoms with E-state index in [9.17, 15) is 9.90 Å². The van der Waals surface area contributed by atoms with E-state index in [1.807, 2.05) is 12.1 Å². The molecular formula is C14H17NO2. The van der Waals surface area contributed by atoms with Gasteiger partial charge in [-0.3, -0.25) is 9.69 Å². The summed E-state index contributed by atoms with van der Waals surface area (Å²) in [4.78, 5) is 13.2. The van der Waals surface area contributed by atoms with Gasteiger partial charge >= 0.3 is 0 Å². The van der Waals surface area contributed by atoms with Crippen molar-refractivity contribution in [1.82, 2.24) is 4.90 Å². The first-order valence-corrected chi connectivity index (χ1v) is 5.94. The van der Waals surface area contributed by atoms with Crippen LogP contribution >= 0.6 is 0 Å². The number of Topliss-reactive ketones (excluding diaryl/α,β-unsaturated/α-hetero) is 1. The maximum atomic E-state index is 10.9. The zero-order valence-electron chi connectivity index (χ0n) is 9.80. The molecule has 0 bridgehead atoms. The number of ketones is 1. The van der Waals surface area contributed by atoms with Gasteiger partial charge in [0.2, 0.25) is 0 Å². The summed E-state index contributed by atoms with van der Waals surface area (Å²) in [6, 6.07) is 7.39. The molecule has 1 fully saturated rings. The van der Waals surface area contributed by atoms with Crippen molar-refractivity contribution in [1.29, 1.82) is 0 Å². The summed E-state index contributed by atoms with van der Waals surface area (Å²) < 4.78 is 0. The molecule has 0 unspecified atom stereocenters. The Morgan fingerprint density at radius 1 is 1.29 bits per heavy atom. The first-order chi connectivity index (χ1) is 8.15. The van der Waals surface area contributed by atoms with Gasteiger partial charge in [0.1, 0.15) is 0 Å². The lowest BCUT2D eigenvalue weighted by atomic mass is 10.1. The van der Waals surface area contributed by atoms with E-state index >= 15 is 0 Å². The third kappa shape index (κ3) is 3.38. The van der Waals surface area contributed by atoms with Crippen molar-refractivity contribution in [2.24, 2.45) is 0 Å². The van der Waals surface area contributed by atoms with E-state index in [1.165, 1.54) is 5.56 Å². The maximum Gasteiger partial charge on any atom is 0.167 e. The zero-order valence-corrected chi connectivity index (χ0v) is 9.80. The normalized spacial score (nSPS) is 18.2. The molecule has 3 nitrogen and oxygen atoms in total. The number of piperidine rings is 1. The maximum absolute atomic E-state index is 10.9. The largest absolute Gasteiger partial charge is 0.393 e. The summed E-state index contributed by atoms with van der Waals surface area (Å²) in [5, 5.41) is 9.41. The van der Waals surface area contributed by atoms with Crippen molar-refractivity contribution in [2.45, 2.75) is 25.5 Å². The van der Waals surface area contributed by atoms with Crippen molar-refractivity contribution in [3.05, 3.63) is 42.3 Å². The molecule has 0 spiro atoms. The number of carbonyl (C=O) groups excluding carboxylic acids is 1. The number of carbonyl (C=O) groups is 1. The number of aliphatic hydroxyl groups excluding tert-OH is 1. The second-order valence-corrected chi connectivity index (χ2v) is 4.57. The molecular weight excluding hydrogens is 214 g/mol. The molecule has 0 aromatic heterocycles. The van der Waals surface area contributed by atoms with Crippen molar-refractivity contribution in [2.75, 3.05) is 13.1 Å². The monoisotopic (exact) mass is 231 g/mol. The van der Waals surface area contributed by atoms with E-state index in [0.29, 0.717) is 5.56 Å². The fourth-order valence-electron chi connectivity index (χ4n) is 2.11. The third-order valence-electron chi connectivity index (χ3n) is 3.20. The van der Waals surface area contributed by atoms with Crippen LogP contribution in [0.1, 0.15) is 28.8 Å². The lowest BCUT2D eigenvalue weighted by Crippen LogP contribution is -2.35. The molecule has 1 N–H and O–H groups in total. The Hall–Kier alpha value is -1.19. The van der Waals surface area contributed by atoms with E-state index < -0.39 is 5.78 Å². The number of aliphatic hydroxyl groups is 1. The van der Waals surface area contributed by atoms with Crippen LogP contribution in [0, 0.1) is 6.92 Å². The van der Waals surface area contributed by atoms with Crippen LogP contribution in [0.25, 0.3) is 0 Å². The van der Waals surface area contributed by atoms with Gasteiger partial charge in [-0.25, -0.2) is 0 Å². The average molecular weight is 231 g/mol. The molecule has 17 heavy (non-hydrogen) atoms. The summed E-state index contributed by atoms with van der Waals surface area (Å²) in [7, 11) is 0. The van der Waals surface area contributed by atoms with Gasteiger partial charge in [-0.05, 0) is 18.4 Å². The van der Waals surface area contributed by atoms with E-state index in [0.717, 1.165) is 32.5 Å². The van der Waals surface area contributed by atoms with Gasteiger partial charge < -0.3 is 5.11 Å². The number of hydrogen-bond acceptors (Lipinski definition) is 3. The minimum Gasteiger partial charge on any atom is -0.393 e. The number of benzene rings is 1. The molecule has 0 amide bonds. The average Bonchev–Trinajstić information content (AvgIpc) is 2.33. The smallest absolute Gasteiger partial charge is 0.167 e. The summed E-state index contributed by atoms with van der Waals surface area (Å²) >= 11 is 0. The topological polar surface area (TPSA) is 40.5 Å². The predicted octanol–water partition coefficient (Wildman–Crippen LogP) is 1.54. The van der Waals surface area contributed by atoms with Gasteiger partial charge in [-0.1, -0.05) is 24.3 Å². The molecule has 1 aliphatic heterocycles. The van der Waals surface area contributed by atoms with E-state index in [1.54, 1.807) is 12.1 Å². The van der Waals surface area contributed by atoms with E-state index in [2.05, 4.69) is 4.90 Å². The van der Waals surface area contributed by atoms with Crippen molar-refractivity contribution >= 4 is 5.78 Å². The second-order valence-electron chi connectivity index (χ2n) is 4.57. The van der Waals surface area contributed by atoms with Gasteiger partial charge in [0, 0.05) is 32.1 Å². The first-order valence-electron chi connectivity index (χ1n) is 5.94. The molecule has 3 heteroatoms. The molecule has 0 atom stereocenters. The molecule has 0 aliphatic carbocycles. The standard InChI is InChI=1S/C14H17NO2/c1-11(16)13-4-2-12(3-5-13)10-15-8-6-14(17)7-9-15/h1-5,14,17H,6-10H2. The van der Waals surface area contributed by atoms with Crippen LogP contribution in [-0.4, -0.2) is 35.0 Å². The van der Waals surface area contributed by atoms with Gasteiger partial charge in [-0.15, -0.1) is 0 Å². The van der Waals surface area contributed by atoms with Gasteiger partial charge in [0.15, 0.2) is 5.78 Å². The molecule has 1 saturated heterocycles. The van der Waals surface area contributed by atoms with Crippen LogP contribution in [0.3, 0.4) is 0 Å². The fourth-order valence-corrected chi connectivity index (χ4v) is 2.11. The Labute approximate surface area is 102 Å². The highest BCUT2D eigenvalue weighted by Gasteiger charge is 2.16. The minimum absolute atomic E-state index is 0.136. The molecule has 2 rings (SSSR count). The number of nitrogens with zero attached hydrogens (tertiary/aromatic N) is 1. The second kappa shape index (κ2) is 5.43.